The second kappa shape index (κ2) is 5.68. The first-order valence-corrected chi connectivity index (χ1v) is 5.94. The molecule has 4 N–H and O–H groups in total. The van der Waals surface area contributed by atoms with Crippen LogP contribution in [0.3, 0.4) is 0 Å². The number of rotatable bonds is 4. The second-order valence-electron chi connectivity index (χ2n) is 4.59. The number of imide groups is 1. The predicted molar refractivity (Wildman–Crippen MR) is 64.2 cm³/mol. The zero-order chi connectivity index (χ0) is 14.6. The first kappa shape index (κ1) is 14.9. The molecule has 0 bridgehead atoms. The van der Waals surface area contributed by atoms with Crippen molar-refractivity contribution in [2.24, 2.45) is 0 Å². The Balaban J connectivity index is 2.58. The molecule has 1 fully saturated rings. The van der Waals surface area contributed by atoms with Gasteiger partial charge in [0.2, 0.25) is 11.8 Å². The summed E-state index contributed by atoms with van der Waals surface area (Å²) >= 11 is 0. The molecule has 1 saturated heterocycles. The van der Waals surface area contributed by atoms with Crippen LogP contribution in [0.4, 0.5) is 4.79 Å². The van der Waals surface area contributed by atoms with Crippen LogP contribution in [0.5, 0.6) is 0 Å². The minimum Gasteiger partial charge on any atom is -0.480 e. The van der Waals surface area contributed by atoms with E-state index in [2.05, 4.69) is 16.0 Å². The molecule has 2 atom stereocenters. The van der Waals surface area contributed by atoms with Crippen molar-refractivity contribution in [1.29, 1.82) is 0 Å². The summed E-state index contributed by atoms with van der Waals surface area (Å²) in [5.41, 5.74) is -1.40. The highest BCUT2D eigenvalue weighted by Crippen LogP contribution is 2.09. The Labute approximate surface area is 109 Å². The van der Waals surface area contributed by atoms with Crippen molar-refractivity contribution in [1.82, 2.24) is 16.0 Å². The molecule has 0 spiro atoms. The van der Waals surface area contributed by atoms with E-state index in [1.54, 1.807) is 6.92 Å². The molecule has 0 radical (unpaired) electrons. The third-order valence-electron chi connectivity index (χ3n) is 3.11. The van der Waals surface area contributed by atoms with E-state index >= 15 is 0 Å². The molecule has 0 aliphatic carbocycles. The SMILES string of the molecule is CCC(C)(NC(=O)NC1CCC(=O)NC1=O)C(=O)O. The van der Waals surface area contributed by atoms with Crippen LogP contribution in [0, 0.1) is 0 Å². The van der Waals surface area contributed by atoms with Gasteiger partial charge in [-0.25, -0.2) is 9.59 Å². The van der Waals surface area contributed by atoms with Gasteiger partial charge in [0.05, 0.1) is 0 Å². The Morgan fingerprint density at radius 3 is 2.58 bits per heavy atom. The van der Waals surface area contributed by atoms with Crippen molar-refractivity contribution in [2.75, 3.05) is 0 Å². The highest BCUT2D eigenvalue weighted by Gasteiger charge is 2.34. The molecule has 1 aliphatic heterocycles. The molecule has 2 unspecified atom stereocenters. The van der Waals surface area contributed by atoms with Crippen molar-refractivity contribution >= 4 is 23.8 Å². The fourth-order valence-corrected chi connectivity index (χ4v) is 1.57. The van der Waals surface area contributed by atoms with Gasteiger partial charge in [0.1, 0.15) is 11.6 Å². The highest BCUT2D eigenvalue weighted by molar-refractivity contribution is 6.01. The number of carbonyl (C=O) groups is 4. The summed E-state index contributed by atoms with van der Waals surface area (Å²) in [5, 5.41) is 15.8. The average Bonchev–Trinajstić information content (AvgIpc) is 2.32. The number of nitrogens with one attached hydrogen (secondary N) is 3. The summed E-state index contributed by atoms with van der Waals surface area (Å²) in [6.07, 6.45) is 0.541. The van der Waals surface area contributed by atoms with E-state index in [9.17, 15) is 19.2 Å². The van der Waals surface area contributed by atoms with Gasteiger partial charge >= 0.3 is 12.0 Å². The average molecular weight is 271 g/mol. The van der Waals surface area contributed by atoms with E-state index < -0.39 is 29.5 Å². The van der Waals surface area contributed by atoms with Crippen LogP contribution in [0.2, 0.25) is 0 Å². The van der Waals surface area contributed by atoms with E-state index in [0.29, 0.717) is 0 Å². The molecule has 1 heterocycles. The van der Waals surface area contributed by atoms with Gasteiger partial charge in [-0.3, -0.25) is 14.9 Å². The van der Waals surface area contributed by atoms with E-state index in [0.717, 1.165) is 0 Å². The number of carboxylic acid groups (broad SMARTS) is 1. The molecule has 8 nitrogen and oxygen atoms in total. The molecule has 0 aromatic rings. The van der Waals surface area contributed by atoms with Crippen molar-refractivity contribution in [2.45, 2.75) is 44.7 Å². The Morgan fingerprint density at radius 1 is 1.47 bits per heavy atom. The zero-order valence-electron chi connectivity index (χ0n) is 10.8. The maximum absolute atomic E-state index is 11.7. The minimum atomic E-state index is -1.40. The normalized spacial score (nSPS) is 22.1. The Morgan fingerprint density at radius 2 is 2.11 bits per heavy atom. The highest BCUT2D eigenvalue weighted by atomic mass is 16.4. The Hall–Kier alpha value is -2.12. The molecule has 8 heteroatoms. The van der Waals surface area contributed by atoms with Crippen molar-refractivity contribution < 1.29 is 24.3 Å². The topological polar surface area (TPSA) is 125 Å². The number of urea groups is 1. The van der Waals surface area contributed by atoms with Crippen LogP contribution in [0.15, 0.2) is 0 Å². The van der Waals surface area contributed by atoms with Crippen LogP contribution >= 0.6 is 0 Å². The molecule has 0 aromatic carbocycles. The molecule has 0 aromatic heterocycles. The minimum absolute atomic E-state index is 0.140. The third kappa shape index (κ3) is 3.67. The molecule has 106 valence electrons. The molecule has 4 amide bonds. The lowest BCUT2D eigenvalue weighted by Crippen LogP contribution is -2.59. The maximum Gasteiger partial charge on any atom is 0.329 e. The third-order valence-corrected chi connectivity index (χ3v) is 3.11. The fraction of sp³-hybridized carbons (Fsp3) is 0.636. The number of carbonyl (C=O) groups excluding carboxylic acids is 3. The fourth-order valence-electron chi connectivity index (χ4n) is 1.57. The smallest absolute Gasteiger partial charge is 0.329 e. The number of amides is 4. The number of carboxylic acids is 1. The van der Waals surface area contributed by atoms with E-state index in [1.807, 2.05) is 0 Å². The second-order valence-corrected chi connectivity index (χ2v) is 4.59. The van der Waals surface area contributed by atoms with E-state index in [1.165, 1.54) is 6.92 Å². The number of piperidine rings is 1. The summed E-state index contributed by atoms with van der Waals surface area (Å²) in [4.78, 5) is 45.0. The number of aliphatic carboxylic acids is 1. The lowest BCUT2D eigenvalue weighted by molar-refractivity contribution is -0.143. The Bertz CT molecular complexity index is 423. The zero-order valence-corrected chi connectivity index (χ0v) is 10.8. The number of hydrogen-bond acceptors (Lipinski definition) is 4. The predicted octanol–water partition coefficient (Wildman–Crippen LogP) is -0.656. The molecular formula is C11H17N3O5. The van der Waals surface area contributed by atoms with Gasteiger partial charge in [-0.2, -0.15) is 0 Å². The van der Waals surface area contributed by atoms with E-state index in [-0.39, 0.29) is 25.2 Å². The first-order valence-electron chi connectivity index (χ1n) is 5.94. The lowest BCUT2D eigenvalue weighted by Gasteiger charge is -2.27. The van der Waals surface area contributed by atoms with Crippen LogP contribution in [0.1, 0.15) is 33.1 Å². The van der Waals surface area contributed by atoms with Gasteiger partial charge in [-0.05, 0) is 19.8 Å². The first-order chi connectivity index (χ1) is 8.78. The van der Waals surface area contributed by atoms with Crippen LogP contribution in [-0.4, -0.2) is 40.5 Å². The summed E-state index contributed by atoms with van der Waals surface area (Å²) in [6, 6.07) is -1.58. The molecule has 19 heavy (non-hydrogen) atoms. The van der Waals surface area contributed by atoms with Gasteiger partial charge < -0.3 is 15.7 Å². The molecular weight excluding hydrogens is 254 g/mol. The van der Waals surface area contributed by atoms with E-state index in [4.69, 9.17) is 5.11 Å². The summed E-state index contributed by atoms with van der Waals surface area (Å²) in [6.45, 7) is 3.00. The van der Waals surface area contributed by atoms with Crippen molar-refractivity contribution in [3.8, 4) is 0 Å². The van der Waals surface area contributed by atoms with Gasteiger partial charge in [0, 0.05) is 6.42 Å². The maximum atomic E-state index is 11.7. The lowest BCUT2D eigenvalue weighted by atomic mass is 9.99. The van der Waals surface area contributed by atoms with Gasteiger partial charge in [-0.1, -0.05) is 6.92 Å². The van der Waals surface area contributed by atoms with Crippen LogP contribution in [0.25, 0.3) is 0 Å². The van der Waals surface area contributed by atoms with Gasteiger partial charge in [0.25, 0.3) is 0 Å². The quantitative estimate of drug-likeness (QED) is 0.505. The summed E-state index contributed by atoms with van der Waals surface area (Å²) in [5.74, 6) is -2.12. The van der Waals surface area contributed by atoms with Gasteiger partial charge in [-0.15, -0.1) is 0 Å². The molecule has 0 saturated carbocycles. The number of hydrogen-bond donors (Lipinski definition) is 4. The molecule has 1 rings (SSSR count). The van der Waals surface area contributed by atoms with Crippen molar-refractivity contribution in [3.05, 3.63) is 0 Å². The van der Waals surface area contributed by atoms with Crippen LogP contribution < -0.4 is 16.0 Å². The van der Waals surface area contributed by atoms with Crippen LogP contribution in [-0.2, 0) is 14.4 Å². The summed E-state index contributed by atoms with van der Waals surface area (Å²) < 4.78 is 0. The summed E-state index contributed by atoms with van der Waals surface area (Å²) in [7, 11) is 0. The Kier molecular flexibility index (Phi) is 4.47. The largest absolute Gasteiger partial charge is 0.480 e. The monoisotopic (exact) mass is 271 g/mol. The van der Waals surface area contributed by atoms with Gasteiger partial charge in [0.15, 0.2) is 0 Å². The standard InChI is InChI=1S/C11H17N3O5/c1-3-11(2,9(17)18)14-10(19)12-6-4-5-7(15)13-8(6)16/h6H,3-5H2,1-2H3,(H,17,18)(H2,12,14,19)(H,13,15,16). The van der Waals surface area contributed by atoms with Crippen molar-refractivity contribution in [3.63, 3.8) is 0 Å². The molecule has 1 aliphatic rings.